The van der Waals surface area contributed by atoms with E-state index in [2.05, 4.69) is 13.8 Å². The fourth-order valence-electron chi connectivity index (χ4n) is 2.39. The number of methoxy groups -OCH3 is 1. The van der Waals surface area contributed by atoms with Crippen LogP contribution in [-0.2, 0) is 9.47 Å². The van der Waals surface area contributed by atoms with Crippen LogP contribution in [-0.4, -0.2) is 43.4 Å². The minimum Gasteiger partial charge on any atom is -0.444 e. The van der Waals surface area contributed by atoms with E-state index in [0.717, 1.165) is 26.1 Å². The van der Waals surface area contributed by atoms with Crippen LogP contribution in [0.1, 0.15) is 41.0 Å². The number of rotatable bonds is 2. The van der Waals surface area contributed by atoms with Gasteiger partial charge in [-0.3, -0.25) is 0 Å². The predicted octanol–water partition coefficient (Wildman–Crippen LogP) is 2.92. The standard InChI is InChI=1S/C14H27NO3/c1-13(2,3)18-12(16)15-8-7-11(9-17-6)14(4,5)10-15/h11H,7-10H2,1-6H3/t11-/m0/s1. The first kappa shape index (κ1) is 15.3. The molecule has 0 aromatic heterocycles. The van der Waals surface area contributed by atoms with Gasteiger partial charge in [0.1, 0.15) is 5.60 Å². The van der Waals surface area contributed by atoms with Gasteiger partial charge in [0.25, 0.3) is 0 Å². The van der Waals surface area contributed by atoms with Crippen molar-refractivity contribution in [1.82, 2.24) is 4.90 Å². The van der Waals surface area contributed by atoms with Gasteiger partial charge in [0, 0.05) is 26.8 Å². The first-order valence-corrected chi connectivity index (χ1v) is 6.62. The maximum absolute atomic E-state index is 12.0. The molecule has 1 amide bonds. The molecule has 1 saturated heterocycles. The first-order chi connectivity index (χ1) is 8.15. The van der Waals surface area contributed by atoms with E-state index in [1.807, 2.05) is 25.7 Å². The number of amides is 1. The van der Waals surface area contributed by atoms with Crippen LogP contribution in [0.5, 0.6) is 0 Å². The average molecular weight is 257 g/mol. The summed E-state index contributed by atoms with van der Waals surface area (Å²) in [6, 6.07) is 0. The fourth-order valence-corrected chi connectivity index (χ4v) is 2.39. The van der Waals surface area contributed by atoms with E-state index in [9.17, 15) is 4.79 Å². The van der Waals surface area contributed by atoms with Crippen LogP contribution in [0, 0.1) is 11.3 Å². The Morgan fingerprint density at radius 2 is 2.00 bits per heavy atom. The van der Waals surface area contributed by atoms with Crippen molar-refractivity contribution in [2.75, 3.05) is 26.8 Å². The number of likely N-dealkylation sites (tertiary alicyclic amines) is 1. The summed E-state index contributed by atoms with van der Waals surface area (Å²) < 4.78 is 10.7. The SMILES string of the molecule is COC[C@@H]1CCN(C(=O)OC(C)(C)C)CC1(C)C. The molecule has 1 atom stereocenters. The summed E-state index contributed by atoms with van der Waals surface area (Å²) in [5.74, 6) is 0.501. The number of hydrogen-bond acceptors (Lipinski definition) is 3. The van der Waals surface area contributed by atoms with Gasteiger partial charge in [0.05, 0.1) is 0 Å². The third-order valence-electron chi connectivity index (χ3n) is 3.47. The van der Waals surface area contributed by atoms with Crippen molar-refractivity contribution >= 4 is 6.09 Å². The molecule has 0 aliphatic carbocycles. The summed E-state index contributed by atoms with van der Waals surface area (Å²) >= 11 is 0. The Balaban J connectivity index is 2.60. The predicted molar refractivity (Wildman–Crippen MR) is 71.6 cm³/mol. The zero-order valence-corrected chi connectivity index (χ0v) is 12.6. The summed E-state index contributed by atoms with van der Waals surface area (Å²) in [6.07, 6.45) is 0.770. The molecular weight excluding hydrogens is 230 g/mol. The zero-order valence-electron chi connectivity index (χ0n) is 12.6. The largest absolute Gasteiger partial charge is 0.444 e. The van der Waals surface area contributed by atoms with Crippen molar-refractivity contribution in [1.29, 1.82) is 0 Å². The molecule has 0 bridgehead atoms. The van der Waals surface area contributed by atoms with E-state index >= 15 is 0 Å². The van der Waals surface area contributed by atoms with Crippen LogP contribution in [0.3, 0.4) is 0 Å². The Morgan fingerprint density at radius 3 is 2.44 bits per heavy atom. The fraction of sp³-hybridized carbons (Fsp3) is 0.929. The van der Waals surface area contributed by atoms with Crippen molar-refractivity contribution in [2.24, 2.45) is 11.3 Å². The number of piperidine rings is 1. The molecule has 0 aromatic carbocycles. The molecule has 0 N–H and O–H groups in total. The van der Waals surface area contributed by atoms with E-state index in [1.54, 1.807) is 7.11 Å². The molecule has 0 saturated carbocycles. The highest BCUT2D eigenvalue weighted by Crippen LogP contribution is 2.35. The molecule has 0 unspecified atom stereocenters. The molecule has 1 rings (SSSR count). The second-order valence-corrected chi connectivity index (χ2v) is 6.83. The lowest BCUT2D eigenvalue weighted by Gasteiger charge is -2.44. The third-order valence-corrected chi connectivity index (χ3v) is 3.47. The van der Waals surface area contributed by atoms with Crippen LogP contribution in [0.2, 0.25) is 0 Å². The van der Waals surface area contributed by atoms with Crippen LogP contribution in [0.4, 0.5) is 4.79 Å². The minimum absolute atomic E-state index is 0.0746. The molecule has 4 heteroatoms. The van der Waals surface area contributed by atoms with E-state index in [-0.39, 0.29) is 11.5 Å². The highest BCUT2D eigenvalue weighted by molar-refractivity contribution is 5.68. The maximum atomic E-state index is 12.0. The van der Waals surface area contributed by atoms with Gasteiger partial charge in [-0.1, -0.05) is 13.8 Å². The molecule has 1 aliphatic heterocycles. The average Bonchev–Trinajstić information content (AvgIpc) is 2.18. The second kappa shape index (κ2) is 5.47. The third kappa shape index (κ3) is 4.16. The normalized spacial score (nSPS) is 23.9. The molecule has 1 heterocycles. The van der Waals surface area contributed by atoms with Crippen LogP contribution in [0.15, 0.2) is 0 Å². The van der Waals surface area contributed by atoms with Crippen LogP contribution < -0.4 is 0 Å². The van der Waals surface area contributed by atoms with Gasteiger partial charge in [-0.2, -0.15) is 0 Å². The Bertz CT molecular complexity index is 294. The Kier molecular flexibility index (Phi) is 4.65. The molecule has 1 fully saturated rings. The molecule has 18 heavy (non-hydrogen) atoms. The first-order valence-electron chi connectivity index (χ1n) is 6.62. The number of carbonyl (C=O) groups is 1. The lowest BCUT2D eigenvalue weighted by Crippen LogP contribution is -2.50. The summed E-state index contributed by atoms with van der Waals surface area (Å²) in [5, 5.41) is 0. The van der Waals surface area contributed by atoms with Gasteiger partial charge < -0.3 is 14.4 Å². The van der Waals surface area contributed by atoms with Gasteiger partial charge >= 0.3 is 6.09 Å². The molecule has 0 spiro atoms. The quantitative estimate of drug-likeness (QED) is 0.763. The van der Waals surface area contributed by atoms with E-state index in [1.165, 1.54) is 0 Å². The van der Waals surface area contributed by atoms with Crippen molar-refractivity contribution in [2.45, 2.75) is 46.6 Å². The van der Waals surface area contributed by atoms with Crippen molar-refractivity contribution in [3.05, 3.63) is 0 Å². The molecular formula is C14H27NO3. The Morgan fingerprint density at radius 1 is 1.39 bits per heavy atom. The Labute approximate surface area is 111 Å². The zero-order chi connectivity index (χ0) is 14.0. The maximum Gasteiger partial charge on any atom is 0.410 e. The lowest BCUT2D eigenvalue weighted by molar-refractivity contribution is -0.0193. The van der Waals surface area contributed by atoms with Gasteiger partial charge in [-0.05, 0) is 38.5 Å². The van der Waals surface area contributed by atoms with Crippen molar-refractivity contribution < 1.29 is 14.3 Å². The summed E-state index contributed by atoms with van der Waals surface area (Å²) in [6.45, 7) is 12.3. The molecule has 106 valence electrons. The van der Waals surface area contributed by atoms with Gasteiger partial charge in [-0.15, -0.1) is 0 Å². The van der Waals surface area contributed by atoms with E-state index < -0.39 is 5.60 Å². The molecule has 1 aliphatic rings. The van der Waals surface area contributed by atoms with E-state index in [4.69, 9.17) is 9.47 Å². The number of ether oxygens (including phenoxy) is 2. The highest BCUT2D eigenvalue weighted by atomic mass is 16.6. The minimum atomic E-state index is -0.426. The number of carbonyl (C=O) groups excluding carboxylic acids is 1. The van der Waals surface area contributed by atoms with Crippen molar-refractivity contribution in [3.63, 3.8) is 0 Å². The van der Waals surface area contributed by atoms with Crippen molar-refractivity contribution in [3.8, 4) is 0 Å². The Hall–Kier alpha value is -0.770. The van der Waals surface area contributed by atoms with Gasteiger partial charge in [-0.25, -0.2) is 4.79 Å². The monoisotopic (exact) mass is 257 g/mol. The highest BCUT2D eigenvalue weighted by Gasteiger charge is 2.38. The van der Waals surface area contributed by atoms with Gasteiger partial charge in [0.2, 0.25) is 0 Å². The summed E-state index contributed by atoms with van der Waals surface area (Å²) in [4.78, 5) is 13.9. The number of hydrogen-bond donors (Lipinski definition) is 0. The topological polar surface area (TPSA) is 38.8 Å². The van der Waals surface area contributed by atoms with Gasteiger partial charge in [0.15, 0.2) is 0 Å². The second-order valence-electron chi connectivity index (χ2n) is 6.83. The molecule has 4 nitrogen and oxygen atoms in total. The molecule has 0 aromatic rings. The summed E-state index contributed by atoms with van der Waals surface area (Å²) in [7, 11) is 1.73. The number of nitrogens with zero attached hydrogens (tertiary/aromatic N) is 1. The smallest absolute Gasteiger partial charge is 0.410 e. The summed E-state index contributed by atoms with van der Waals surface area (Å²) in [5.41, 5.74) is -0.351. The molecule has 0 radical (unpaired) electrons. The lowest BCUT2D eigenvalue weighted by atomic mass is 9.74. The van der Waals surface area contributed by atoms with Crippen LogP contribution >= 0.6 is 0 Å². The van der Waals surface area contributed by atoms with Crippen LogP contribution in [0.25, 0.3) is 0 Å². The van der Waals surface area contributed by atoms with E-state index in [0.29, 0.717) is 5.92 Å².